The van der Waals surface area contributed by atoms with Crippen LogP contribution in [0.2, 0.25) is 0 Å². The number of aromatic nitrogens is 4. The number of hydrogen-bond donors (Lipinski definition) is 2. The summed E-state index contributed by atoms with van der Waals surface area (Å²) in [6, 6.07) is 8.53. The molecule has 2 N–H and O–H groups in total. The van der Waals surface area contributed by atoms with Gasteiger partial charge in [-0.1, -0.05) is 37.1 Å². The molecule has 2 aromatic rings. The molecule has 0 aliphatic carbocycles. The summed E-state index contributed by atoms with van der Waals surface area (Å²) < 4.78 is 0. The number of rotatable bonds is 11. The minimum atomic E-state index is -0.0834. The van der Waals surface area contributed by atoms with Crippen LogP contribution in [0.1, 0.15) is 63.3 Å². The van der Waals surface area contributed by atoms with Gasteiger partial charge in [-0.15, -0.1) is 10.2 Å². The van der Waals surface area contributed by atoms with Crippen LogP contribution < -0.4 is 5.32 Å². The number of hydrogen-bond acceptors (Lipinski definition) is 6. The van der Waals surface area contributed by atoms with Crippen molar-refractivity contribution in [2.45, 2.75) is 58.3 Å². The molecule has 7 heteroatoms. The molecule has 0 amide bonds. The van der Waals surface area contributed by atoms with E-state index in [0.717, 1.165) is 38.0 Å². The summed E-state index contributed by atoms with van der Waals surface area (Å²) in [5.41, 5.74) is 2.32. The average molecular weight is 399 g/mol. The van der Waals surface area contributed by atoms with Crippen LogP contribution in [-0.2, 0) is 11.2 Å². The molecule has 1 aromatic heterocycles. The highest BCUT2D eigenvalue weighted by atomic mass is 16.1. The second-order valence-electron chi connectivity index (χ2n) is 8.11. The normalized spacial score (nSPS) is 17.0. The zero-order valence-electron chi connectivity index (χ0n) is 17.7. The minimum absolute atomic E-state index is 0.0517. The van der Waals surface area contributed by atoms with Crippen LogP contribution >= 0.6 is 0 Å². The van der Waals surface area contributed by atoms with E-state index < -0.39 is 0 Å². The van der Waals surface area contributed by atoms with Gasteiger partial charge in [0.25, 0.3) is 0 Å². The Bertz CT molecular complexity index is 724. The number of carbonyl (C=O) groups is 1. The van der Waals surface area contributed by atoms with Crippen molar-refractivity contribution in [1.29, 1.82) is 0 Å². The summed E-state index contributed by atoms with van der Waals surface area (Å²) in [5.74, 6) is 0.684. The maximum atomic E-state index is 12.3. The van der Waals surface area contributed by atoms with E-state index in [1.165, 1.54) is 37.9 Å². The first-order valence-electron chi connectivity index (χ1n) is 11.0. The third-order valence-corrected chi connectivity index (χ3v) is 5.92. The Kier molecular flexibility index (Phi) is 8.16. The highest BCUT2D eigenvalue weighted by Gasteiger charge is 2.29. The van der Waals surface area contributed by atoms with Gasteiger partial charge in [0.1, 0.15) is 5.78 Å². The first-order valence-corrected chi connectivity index (χ1v) is 11.0. The van der Waals surface area contributed by atoms with Crippen molar-refractivity contribution in [3.05, 3.63) is 35.7 Å². The van der Waals surface area contributed by atoms with Gasteiger partial charge in [0.05, 0.1) is 0 Å². The molecule has 1 saturated heterocycles. The number of anilines is 1. The third-order valence-electron chi connectivity index (χ3n) is 5.92. The number of H-pyrrole nitrogens is 1. The number of tetrazole rings is 1. The van der Waals surface area contributed by atoms with E-state index in [1.807, 2.05) is 0 Å². The zero-order chi connectivity index (χ0) is 20.5. The molecule has 29 heavy (non-hydrogen) atoms. The smallest absolute Gasteiger partial charge is 0.178 e. The fourth-order valence-corrected chi connectivity index (χ4v) is 4.29. The molecule has 2 heterocycles. The standard InChI is InChI=1S/C22H34N6O/c1-3-7-20(17(2)29)21(22-24-26-27-25-22)16-18-8-10-19(11-9-18)23-12-15-28-13-5-4-6-14-28/h8-11,20-21,23H,3-7,12-16H2,1-2H3,(H,24,25,26,27)/t20-,21+/m1/s1. The van der Waals surface area contributed by atoms with Crippen molar-refractivity contribution < 1.29 is 4.79 Å². The third kappa shape index (κ3) is 6.35. The van der Waals surface area contributed by atoms with Crippen molar-refractivity contribution in [1.82, 2.24) is 25.5 Å². The van der Waals surface area contributed by atoms with Crippen LogP contribution in [0.4, 0.5) is 5.69 Å². The van der Waals surface area contributed by atoms with Gasteiger partial charge in [-0.2, -0.15) is 5.21 Å². The number of ketones is 1. The summed E-state index contributed by atoms with van der Waals surface area (Å²) in [5, 5.41) is 18.1. The fourth-order valence-electron chi connectivity index (χ4n) is 4.29. The van der Waals surface area contributed by atoms with Gasteiger partial charge in [-0.25, -0.2) is 0 Å². The molecule has 1 aliphatic heterocycles. The van der Waals surface area contributed by atoms with Crippen LogP contribution in [0.3, 0.4) is 0 Å². The van der Waals surface area contributed by atoms with E-state index >= 15 is 0 Å². The second kappa shape index (κ2) is 11.0. The van der Waals surface area contributed by atoms with E-state index in [9.17, 15) is 4.79 Å². The summed E-state index contributed by atoms with van der Waals surface area (Å²) in [4.78, 5) is 14.8. The highest BCUT2D eigenvalue weighted by molar-refractivity contribution is 5.79. The van der Waals surface area contributed by atoms with E-state index in [0.29, 0.717) is 5.82 Å². The largest absolute Gasteiger partial charge is 0.384 e. The topological polar surface area (TPSA) is 86.8 Å². The lowest BCUT2D eigenvalue weighted by Gasteiger charge is -2.26. The zero-order valence-corrected chi connectivity index (χ0v) is 17.7. The van der Waals surface area contributed by atoms with Crippen molar-refractivity contribution in [3.63, 3.8) is 0 Å². The van der Waals surface area contributed by atoms with Gasteiger partial charge in [0, 0.05) is 30.6 Å². The molecule has 158 valence electrons. The van der Waals surface area contributed by atoms with E-state index in [1.54, 1.807) is 6.92 Å². The van der Waals surface area contributed by atoms with Crippen molar-refractivity contribution in [3.8, 4) is 0 Å². The van der Waals surface area contributed by atoms with Crippen LogP contribution in [0.15, 0.2) is 24.3 Å². The number of nitrogens with zero attached hydrogens (tertiary/aromatic N) is 4. The summed E-state index contributed by atoms with van der Waals surface area (Å²) in [6.07, 6.45) is 6.56. The molecule has 0 spiro atoms. The molecular weight excluding hydrogens is 364 g/mol. The summed E-state index contributed by atoms with van der Waals surface area (Å²) in [6.45, 7) is 8.30. The number of piperidine rings is 1. The van der Waals surface area contributed by atoms with Gasteiger partial charge >= 0.3 is 0 Å². The summed E-state index contributed by atoms with van der Waals surface area (Å²) in [7, 11) is 0. The van der Waals surface area contributed by atoms with Gasteiger partial charge in [-0.3, -0.25) is 4.79 Å². The highest BCUT2D eigenvalue weighted by Crippen LogP contribution is 2.30. The molecule has 0 radical (unpaired) electrons. The Hall–Kier alpha value is -2.28. The molecule has 0 saturated carbocycles. The second-order valence-corrected chi connectivity index (χ2v) is 8.11. The van der Waals surface area contributed by atoms with Crippen molar-refractivity contribution >= 4 is 11.5 Å². The first kappa shape index (κ1) is 21.4. The quantitative estimate of drug-likeness (QED) is 0.603. The number of likely N-dealkylation sites (tertiary alicyclic amines) is 1. The van der Waals surface area contributed by atoms with Crippen LogP contribution in [-0.4, -0.2) is 57.5 Å². The SMILES string of the molecule is CCC[C@H](C(C)=O)[C@H](Cc1ccc(NCCN2CCCCC2)cc1)c1nn[nH]n1. The average Bonchev–Trinajstić information content (AvgIpc) is 3.27. The monoisotopic (exact) mass is 398 g/mol. The van der Waals surface area contributed by atoms with Gasteiger partial charge in [-0.05, 0) is 63.4 Å². The molecule has 1 aliphatic rings. The predicted octanol–water partition coefficient (Wildman–Crippen LogP) is 3.43. The van der Waals surface area contributed by atoms with Crippen molar-refractivity contribution in [2.75, 3.05) is 31.5 Å². The maximum absolute atomic E-state index is 12.3. The maximum Gasteiger partial charge on any atom is 0.178 e. The Morgan fingerprint density at radius 2 is 1.97 bits per heavy atom. The first-order chi connectivity index (χ1) is 14.2. The lowest BCUT2D eigenvalue weighted by Crippen LogP contribution is -2.33. The number of carbonyl (C=O) groups excluding carboxylic acids is 1. The molecule has 2 atom stereocenters. The molecular formula is C22H34N6O. The lowest BCUT2D eigenvalue weighted by molar-refractivity contribution is -0.121. The van der Waals surface area contributed by atoms with Crippen LogP contribution in [0, 0.1) is 5.92 Å². The van der Waals surface area contributed by atoms with E-state index in [2.05, 4.69) is 62.0 Å². The lowest BCUT2D eigenvalue weighted by atomic mass is 9.81. The fraction of sp³-hybridized carbons (Fsp3) is 0.636. The minimum Gasteiger partial charge on any atom is -0.384 e. The summed E-state index contributed by atoms with van der Waals surface area (Å²) >= 11 is 0. The van der Waals surface area contributed by atoms with Crippen molar-refractivity contribution in [2.24, 2.45) is 5.92 Å². The Balaban J connectivity index is 1.59. The number of nitrogens with one attached hydrogen (secondary N) is 2. The number of Topliss-reactive ketones (excluding diaryl/α,β-unsaturated/α-hetero) is 1. The Labute approximate surface area is 173 Å². The van der Waals surface area contributed by atoms with Gasteiger partial charge in [0.15, 0.2) is 5.82 Å². The predicted molar refractivity (Wildman–Crippen MR) is 115 cm³/mol. The Morgan fingerprint density at radius 3 is 2.59 bits per heavy atom. The van der Waals surface area contributed by atoms with Crippen LogP contribution in [0.25, 0.3) is 0 Å². The molecule has 1 aromatic carbocycles. The van der Waals surface area contributed by atoms with E-state index in [-0.39, 0.29) is 17.6 Å². The van der Waals surface area contributed by atoms with Crippen LogP contribution in [0.5, 0.6) is 0 Å². The van der Waals surface area contributed by atoms with E-state index in [4.69, 9.17) is 0 Å². The molecule has 0 unspecified atom stereocenters. The molecule has 0 bridgehead atoms. The number of benzene rings is 1. The van der Waals surface area contributed by atoms with Gasteiger partial charge < -0.3 is 10.2 Å². The molecule has 7 nitrogen and oxygen atoms in total. The molecule has 3 rings (SSSR count). The van der Waals surface area contributed by atoms with Gasteiger partial charge in [0.2, 0.25) is 0 Å². The Morgan fingerprint density at radius 1 is 1.21 bits per heavy atom. The molecule has 1 fully saturated rings. The number of aromatic amines is 1.